The van der Waals surface area contributed by atoms with Crippen molar-refractivity contribution < 1.29 is 14.3 Å². The molecule has 0 spiro atoms. The zero-order valence-electron chi connectivity index (χ0n) is 17.0. The quantitative estimate of drug-likeness (QED) is 0.723. The standard InChI is InChI=1S/C23H29N3O3/c1-2-28-20-10-8-19(9-11-20)21-4-3-13-26(21)23(27)25-15-18-7-12-22(24-14-18)29-16-17-5-6-17/h7-12,14,17,21H,2-6,13,15-16H2,1H3,(H,25,27). The molecule has 2 fully saturated rings. The Balaban J connectivity index is 1.30. The first-order valence-corrected chi connectivity index (χ1v) is 10.6. The summed E-state index contributed by atoms with van der Waals surface area (Å²) in [6.45, 7) is 4.61. The maximum atomic E-state index is 12.8. The average molecular weight is 396 g/mol. The van der Waals surface area contributed by atoms with Crippen LogP contribution in [-0.4, -0.2) is 35.7 Å². The Kier molecular flexibility index (Phi) is 6.17. The van der Waals surface area contributed by atoms with E-state index in [2.05, 4.69) is 22.4 Å². The molecule has 29 heavy (non-hydrogen) atoms. The summed E-state index contributed by atoms with van der Waals surface area (Å²) in [7, 11) is 0. The van der Waals surface area contributed by atoms with Crippen molar-refractivity contribution in [3.63, 3.8) is 0 Å². The van der Waals surface area contributed by atoms with Crippen LogP contribution in [0.4, 0.5) is 4.79 Å². The predicted molar refractivity (Wildman–Crippen MR) is 111 cm³/mol. The number of carbonyl (C=O) groups excluding carboxylic acids is 1. The molecule has 6 nitrogen and oxygen atoms in total. The van der Waals surface area contributed by atoms with Gasteiger partial charge in [-0.2, -0.15) is 0 Å². The minimum absolute atomic E-state index is 0.0320. The van der Waals surface area contributed by atoms with E-state index in [9.17, 15) is 4.79 Å². The molecule has 2 aliphatic rings. The second-order valence-electron chi connectivity index (χ2n) is 7.77. The average Bonchev–Trinajstić information content (AvgIpc) is 3.46. The van der Waals surface area contributed by atoms with Crippen LogP contribution in [0.1, 0.15) is 49.8 Å². The predicted octanol–water partition coefficient (Wildman–Crippen LogP) is 4.32. The highest BCUT2D eigenvalue weighted by atomic mass is 16.5. The Bertz CT molecular complexity index is 803. The largest absolute Gasteiger partial charge is 0.494 e. The summed E-state index contributed by atoms with van der Waals surface area (Å²) in [4.78, 5) is 19.0. The maximum absolute atomic E-state index is 12.8. The first-order valence-electron chi connectivity index (χ1n) is 10.6. The molecule has 2 amide bonds. The molecular formula is C23H29N3O3. The number of aromatic nitrogens is 1. The van der Waals surface area contributed by atoms with Crippen molar-refractivity contribution in [1.29, 1.82) is 0 Å². The van der Waals surface area contributed by atoms with Crippen molar-refractivity contribution in [3.8, 4) is 11.6 Å². The smallest absolute Gasteiger partial charge is 0.318 e. The van der Waals surface area contributed by atoms with Gasteiger partial charge in [-0.25, -0.2) is 9.78 Å². The van der Waals surface area contributed by atoms with Gasteiger partial charge >= 0.3 is 6.03 Å². The van der Waals surface area contributed by atoms with Crippen molar-refractivity contribution in [2.24, 2.45) is 5.92 Å². The van der Waals surface area contributed by atoms with E-state index in [1.807, 2.05) is 36.1 Å². The van der Waals surface area contributed by atoms with Crippen LogP contribution < -0.4 is 14.8 Å². The van der Waals surface area contributed by atoms with Crippen LogP contribution in [0.5, 0.6) is 11.6 Å². The zero-order valence-corrected chi connectivity index (χ0v) is 17.0. The molecule has 1 saturated heterocycles. The second-order valence-corrected chi connectivity index (χ2v) is 7.77. The van der Waals surface area contributed by atoms with Crippen LogP contribution in [-0.2, 0) is 6.54 Å². The molecule has 154 valence electrons. The summed E-state index contributed by atoms with van der Waals surface area (Å²) >= 11 is 0. The lowest BCUT2D eigenvalue weighted by atomic mass is 10.0. The van der Waals surface area contributed by atoms with Crippen molar-refractivity contribution in [2.45, 2.75) is 45.2 Å². The number of benzene rings is 1. The highest BCUT2D eigenvalue weighted by molar-refractivity contribution is 5.75. The fourth-order valence-electron chi connectivity index (χ4n) is 3.68. The number of urea groups is 1. The zero-order chi connectivity index (χ0) is 20.1. The first-order chi connectivity index (χ1) is 14.2. The van der Waals surface area contributed by atoms with Crippen molar-refractivity contribution in [3.05, 3.63) is 53.7 Å². The Hall–Kier alpha value is -2.76. The van der Waals surface area contributed by atoms with Crippen LogP contribution in [0, 0.1) is 5.92 Å². The third-order valence-electron chi connectivity index (χ3n) is 5.49. The van der Waals surface area contributed by atoms with E-state index in [0.717, 1.165) is 42.9 Å². The van der Waals surface area contributed by atoms with E-state index in [0.29, 0.717) is 24.9 Å². The molecule has 4 rings (SSSR count). The maximum Gasteiger partial charge on any atom is 0.318 e. The lowest BCUT2D eigenvalue weighted by molar-refractivity contribution is 0.192. The Labute approximate surface area is 172 Å². The van der Waals surface area contributed by atoms with Gasteiger partial charge in [0, 0.05) is 25.4 Å². The van der Waals surface area contributed by atoms with Gasteiger partial charge in [0.2, 0.25) is 5.88 Å². The van der Waals surface area contributed by atoms with Crippen LogP contribution in [0.25, 0.3) is 0 Å². The number of pyridine rings is 1. The third kappa shape index (κ3) is 5.19. The van der Waals surface area contributed by atoms with E-state index in [4.69, 9.17) is 9.47 Å². The van der Waals surface area contributed by atoms with E-state index in [-0.39, 0.29) is 12.1 Å². The number of amides is 2. The highest BCUT2D eigenvalue weighted by Gasteiger charge is 2.29. The molecule has 1 aliphatic carbocycles. The first kappa shape index (κ1) is 19.6. The van der Waals surface area contributed by atoms with Crippen molar-refractivity contribution in [1.82, 2.24) is 15.2 Å². The van der Waals surface area contributed by atoms with Crippen LogP contribution >= 0.6 is 0 Å². The number of hydrogen-bond donors (Lipinski definition) is 1. The van der Waals surface area contributed by atoms with Gasteiger partial charge in [-0.3, -0.25) is 0 Å². The number of carbonyl (C=O) groups is 1. The van der Waals surface area contributed by atoms with Gasteiger partial charge in [0.05, 0.1) is 19.3 Å². The number of ether oxygens (including phenoxy) is 2. The van der Waals surface area contributed by atoms with Gasteiger partial charge in [-0.05, 0) is 61.8 Å². The van der Waals surface area contributed by atoms with Crippen LogP contribution in [0.2, 0.25) is 0 Å². The van der Waals surface area contributed by atoms with Gasteiger partial charge in [0.1, 0.15) is 5.75 Å². The molecule has 1 aromatic carbocycles. The molecule has 2 heterocycles. The lowest BCUT2D eigenvalue weighted by Gasteiger charge is -2.25. The highest BCUT2D eigenvalue weighted by Crippen LogP contribution is 2.33. The monoisotopic (exact) mass is 395 g/mol. The summed E-state index contributed by atoms with van der Waals surface area (Å²) in [5, 5.41) is 3.03. The lowest BCUT2D eigenvalue weighted by Crippen LogP contribution is -2.39. The minimum atomic E-state index is -0.0320. The number of likely N-dealkylation sites (tertiary alicyclic amines) is 1. The second kappa shape index (κ2) is 9.16. The summed E-state index contributed by atoms with van der Waals surface area (Å²) in [6, 6.07) is 12.0. The fourth-order valence-corrected chi connectivity index (χ4v) is 3.68. The van der Waals surface area contributed by atoms with Gasteiger partial charge < -0.3 is 19.7 Å². The van der Waals surface area contributed by atoms with Gasteiger partial charge in [-0.1, -0.05) is 18.2 Å². The summed E-state index contributed by atoms with van der Waals surface area (Å²) in [6.07, 6.45) is 6.29. The Morgan fingerprint density at radius 2 is 1.97 bits per heavy atom. The fraction of sp³-hybridized carbons (Fsp3) is 0.478. The molecule has 1 atom stereocenters. The van der Waals surface area contributed by atoms with E-state index >= 15 is 0 Å². The number of hydrogen-bond acceptors (Lipinski definition) is 4. The molecule has 0 bridgehead atoms. The molecule has 1 aromatic heterocycles. The van der Waals surface area contributed by atoms with E-state index in [1.165, 1.54) is 12.8 Å². The third-order valence-corrected chi connectivity index (χ3v) is 5.49. The van der Waals surface area contributed by atoms with E-state index in [1.54, 1.807) is 6.20 Å². The van der Waals surface area contributed by atoms with Gasteiger partial charge in [0.25, 0.3) is 0 Å². The normalized spacial score (nSPS) is 18.5. The van der Waals surface area contributed by atoms with Crippen molar-refractivity contribution in [2.75, 3.05) is 19.8 Å². The van der Waals surface area contributed by atoms with Gasteiger partial charge in [0.15, 0.2) is 0 Å². The molecule has 0 radical (unpaired) electrons. The Morgan fingerprint density at radius 3 is 2.66 bits per heavy atom. The SMILES string of the molecule is CCOc1ccc(C2CCCN2C(=O)NCc2ccc(OCC3CC3)nc2)cc1. The molecule has 6 heteroatoms. The number of nitrogens with one attached hydrogen (secondary N) is 1. The van der Waals surface area contributed by atoms with Crippen molar-refractivity contribution >= 4 is 6.03 Å². The molecular weight excluding hydrogens is 366 g/mol. The molecule has 1 N–H and O–H groups in total. The van der Waals surface area contributed by atoms with Crippen LogP contribution in [0.15, 0.2) is 42.6 Å². The summed E-state index contributed by atoms with van der Waals surface area (Å²) in [5.41, 5.74) is 2.12. The Morgan fingerprint density at radius 1 is 1.14 bits per heavy atom. The number of rotatable bonds is 8. The van der Waals surface area contributed by atoms with Gasteiger partial charge in [-0.15, -0.1) is 0 Å². The minimum Gasteiger partial charge on any atom is -0.494 e. The topological polar surface area (TPSA) is 63.7 Å². The molecule has 1 saturated carbocycles. The van der Waals surface area contributed by atoms with E-state index < -0.39 is 0 Å². The number of nitrogens with zero attached hydrogens (tertiary/aromatic N) is 2. The summed E-state index contributed by atoms with van der Waals surface area (Å²) < 4.78 is 11.2. The van der Waals surface area contributed by atoms with Crippen LogP contribution in [0.3, 0.4) is 0 Å². The molecule has 2 aromatic rings. The molecule has 1 unspecified atom stereocenters. The molecule has 1 aliphatic heterocycles. The summed E-state index contributed by atoms with van der Waals surface area (Å²) in [5.74, 6) is 2.23.